The second-order valence-corrected chi connectivity index (χ2v) is 3.65. The molecule has 0 aromatic carbocycles. The predicted molar refractivity (Wildman–Crippen MR) is 60.1 cm³/mol. The van der Waals surface area contributed by atoms with Gasteiger partial charge in [0.2, 0.25) is 0 Å². The summed E-state index contributed by atoms with van der Waals surface area (Å²) in [5, 5.41) is 12.6. The highest BCUT2D eigenvalue weighted by Crippen LogP contribution is 2.17. The maximum absolute atomic E-state index is 9.00. The number of anilines is 1. The van der Waals surface area contributed by atoms with E-state index >= 15 is 0 Å². The third-order valence-corrected chi connectivity index (χ3v) is 2.42. The summed E-state index contributed by atoms with van der Waals surface area (Å²) >= 11 is 5.81. The van der Waals surface area contributed by atoms with Crippen LogP contribution in [0.1, 0.15) is 12.5 Å². The SMILES string of the molecule is COC(C)CNc1cc(CO)c(Cl)cn1. The Labute approximate surface area is 94.2 Å². The highest BCUT2D eigenvalue weighted by molar-refractivity contribution is 6.31. The van der Waals surface area contributed by atoms with Gasteiger partial charge in [-0.15, -0.1) is 0 Å². The molecule has 0 fully saturated rings. The van der Waals surface area contributed by atoms with Gasteiger partial charge >= 0.3 is 0 Å². The fourth-order valence-electron chi connectivity index (χ4n) is 1.03. The van der Waals surface area contributed by atoms with E-state index in [4.69, 9.17) is 21.4 Å². The summed E-state index contributed by atoms with van der Waals surface area (Å²) in [6, 6.07) is 1.73. The van der Waals surface area contributed by atoms with Crippen molar-refractivity contribution >= 4 is 17.4 Å². The zero-order valence-corrected chi connectivity index (χ0v) is 9.58. The van der Waals surface area contributed by atoms with Crippen molar-refractivity contribution in [2.75, 3.05) is 19.0 Å². The maximum atomic E-state index is 9.00. The van der Waals surface area contributed by atoms with Gasteiger partial charge in [0.1, 0.15) is 5.82 Å². The normalized spacial score (nSPS) is 12.5. The first kappa shape index (κ1) is 12.2. The molecule has 0 aliphatic rings. The molecule has 0 saturated carbocycles. The third-order valence-electron chi connectivity index (χ3n) is 2.08. The third kappa shape index (κ3) is 3.66. The average molecular weight is 231 g/mol. The molecule has 5 heteroatoms. The molecule has 0 radical (unpaired) electrons. The number of aromatic nitrogens is 1. The Kier molecular flexibility index (Phi) is 4.81. The van der Waals surface area contributed by atoms with Crippen LogP contribution in [0.2, 0.25) is 5.02 Å². The van der Waals surface area contributed by atoms with Crippen molar-refractivity contribution in [3.63, 3.8) is 0 Å². The maximum Gasteiger partial charge on any atom is 0.126 e. The quantitative estimate of drug-likeness (QED) is 0.808. The molecule has 84 valence electrons. The molecule has 0 saturated heterocycles. The molecule has 0 aliphatic carbocycles. The zero-order chi connectivity index (χ0) is 11.3. The van der Waals surface area contributed by atoms with Crippen molar-refractivity contribution in [3.05, 3.63) is 22.8 Å². The van der Waals surface area contributed by atoms with Crippen molar-refractivity contribution in [2.24, 2.45) is 0 Å². The standard InChI is InChI=1S/C10H15ClN2O2/c1-7(15-2)4-12-10-3-8(6-14)9(11)5-13-10/h3,5,7,14H,4,6H2,1-2H3,(H,12,13). The van der Waals surface area contributed by atoms with Gasteiger partial charge < -0.3 is 15.2 Å². The second-order valence-electron chi connectivity index (χ2n) is 3.25. The summed E-state index contributed by atoms with van der Waals surface area (Å²) in [6.07, 6.45) is 1.63. The number of hydrogen-bond acceptors (Lipinski definition) is 4. The van der Waals surface area contributed by atoms with Gasteiger partial charge in [0, 0.05) is 25.4 Å². The van der Waals surface area contributed by atoms with Crippen LogP contribution in [-0.2, 0) is 11.3 Å². The molecule has 2 N–H and O–H groups in total. The Bertz CT molecular complexity index is 320. The van der Waals surface area contributed by atoms with Gasteiger partial charge in [-0.05, 0) is 13.0 Å². The van der Waals surface area contributed by atoms with Crippen LogP contribution >= 0.6 is 11.6 Å². The summed E-state index contributed by atoms with van der Waals surface area (Å²) in [5.41, 5.74) is 0.666. The Morgan fingerprint density at radius 3 is 3.00 bits per heavy atom. The van der Waals surface area contributed by atoms with E-state index in [0.717, 1.165) is 0 Å². The lowest BCUT2D eigenvalue weighted by Gasteiger charge is -2.12. The first-order chi connectivity index (χ1) is 7.17. The van der Waals surface area contributed by atoms with E-state index < -0.39 is 0 Å². The number of rotatable bonds is 5. The summed E-state index contributed by atoms with van der Waals surface area (Å²) in [7, 11) is 1.65. The Morgan fingerprint density at radius 2 is 2.40 bits per heavy atom. The van der Waals surface area contributed by atoms with Gasteiger partial charge in [-0.25, -0.2) is 4.98 Å². The summed E-state index contributed by atoms with van der Waals surface area (Å²) in [5.74, 6) is 0.687. The van der Waals surface area contributed by atoms with Crippen molar-refractivity contribution in [2.45, 2.75) is 19.6 Å². The molecular formula is C10H15ClN2O2. The molecular weight excluding hydrogens is 216 g/mol. The second kappa shape index (κ2) is 5.90. The largest absolute Gasteiger partial charge is 0.392 e. The van der Waals surface area contributed by atoms with E-state index in [0.29, 0.717) is 22.9 Å². The van der Waals surface area contributed by atoms with Crippen LogP contribution in [0.3, 0.4) is 0 Å². The van der Waals surface area contributed by atoms with Gasteiger partial charge in [0.05, 0.1) is 17.7 Å². The molecule has 1 heterocycles. The number of halogens is 1. The lowest BCUT2D eigenvalue weighted by Crippen LogP contribution is -2.18. The van der Waals surface area contributed by atoms with E-state index in [1.165, 1.54) is 6.20 Å². The number of methoxy groups -OCH3 is 1. The molecule has 0 spiro atoms. The summed E-state index contributed by atoms with van der Waals surface area (Å²) < 4.78 is 5.09. The van der Waals surface area contributed by atoms with Crippen LogP contribution in [0.15, 0.2) is 12.3 Å². The van der Waals surface area contributed by atoms with Crippen LogP contribution in [0, 0.1) is 0 Å². The van der Waals surface area contributed by atoms with Gasteiger partial charge in [0.15, 0.2) is 0 Å². The first-order valence-electron chi connectivity index (χ1n) is 4.69. The summed E-state index contributed by atoms with van der Waals surface area (Å²) in [4.78, 5) is 4.08. The van der Waals surface area contributed by atoms with Crippen LogP contribution in [-0.4, -0.2) is 29.8 Å². The Morgan fingerprint density at radius 1 is 1.67 bits per heavy atom. The van der Waals surface area contributed by atoms with Crippen LogP contribution in [0.25, 0.3) is 0 Å². The van der Waals surface area contributed by atoms with Crippen LogP contribution < -0.4 is 5.32 Å². The fourth-order valence-corrected chi connectivity index (χ4v) is 1.19. The average Bonchev–Trinajstić information content (AvgIpc) is 2.27. The Balaban J connectivity index is 2.62. The molecule has 1 unspecified atom stereocenters. The van der Waals surface area contributed by atoms with Crippen LogP contribution in [0.5, 0.6) is 0 Å². The molecule has 1 aromatic rings. The molecule has 1 rings (SSSR count). The minimum absolute atomic E-state index is 0.0874. The molecule has 4 nitrogen and oxygen atoms in total. The number of hydrogen-bond donors (Lipinski definition) is 2. The topological polar surface area (TPSA) is 54.4 Å². The number of aliphatic hydroxyl groups is 1. The van der Waals surface area contributed by atoms with Crippen molar-refractivity contribution < 1.29 is 9.84 Å². The highest BCUT2D eigenvalue weighted by Gasteiger charge is 2.03. The Hall–Kier alpha value is -0.840. The molecule has 0 bridgehead atoms. The lowest BCUT2D eigenvalue weighted by molar-refractivity contribution is 0.128. The van der Waals surface area contributed by atoms with Crippen molar-refractivity contribution in [1.29, 1.82) is 0 Å². The van der Waals surface area contributed by atoms with Crippen molar-refractivity contribution in [1.82, 2.24) is 4.98 Å². The number of nitrogens with one attached hydrogen (secondary N) is 1. The minimum atomic E-state index is -0.0874. The monoisotopic (exact) mass is 230 g/mol. The minimum Gasteiger partial charge on any atom is -0.392 e. The molecule has 0 aliphatic heterocycles. The predicted octanol–water partition coefficient (Wildman–Crippen LogP) is 1.67. The fraction of sp³-hybridized carbons (Fsp3) is 0.500. The van der Waals surface area contributed by atoms with E-state index in [1.807, 2.05) is 6.92 Å². The molecule has 1 atom stereocenters. The summed E-state index contributed by atoms with van der Waals surface area (Å²) in [6.45, 7) is 2.53. The lowest BCUT2D eigenvalue weighted by atomic mass is 10.2. The smallest absolute Gasteiger partial charge is 0.126 e. The van der Waals surface area contributed by atoms with Gasteiger partial charge in [-0.1, -0.05) is 11.6 Å². The number of nitrogens with zero attached hydrogens (tertiary/aromatic N) is 1. The molecule has 15 heavy (non-hydrogen) atoms. The van der Waals surface area contributed by atoms with Gasteiger partial charge in [0.25, 0.3) is 0 Å². The van der Waals surface area contributed by atoms with E-state index in [-0.39, 0.29) is 12.7 Å². The number of ether oxygens (including phenoxy) is 1. The van der Waals surface area contributed by atoms with E-state index in [2.05, 4.69) is 10.3 Å². The number of aliphatic hydroxyl groups excluding tert-OH is 1. The van der Waals surface area contributed by atoms with E-state index in [9.17, 15) is 0 Å². The number of pyridine rings is 1. The van der Waals surface area contributed by atoms with E-state index in [1.54, 1.807) is 13.2 Å². The zero-order valence-electron chi connectivity index (χ0n) is 8.83. The molecule has 1 aromatic heterocycles. The van der Waals surface area contributed by atoms with Gasteiger partial charge in [-0.2, -0.15) is 0 Å². The van der Waals surface area contributed by atoms with Gasteiger partial charge in [-0.3, -0.25) is 0 Å². The van der Waals surface area contributed by atoms with Crippen LogP contribution in [0.4, 0.5) is 5.82 Å². The first-order valence-corrected chi connectivity index (χ1v) is 5.07. The highest BCUT2D eigenvalue weighted by atomic mass is 35.5. The molecule has 0 amide bonds. The van der Waals surface area contributed by atoms with Crippen molar-refractivity contribution in [3.8, 4) is 0 Å².